The summed E-state index contributed by atoms with van der Waals surface area (Å²) in [4.78, 5) is 29.1. The fourth-order valence-electron chi connectivity index (χ4n) is 4.20. The van der Waals surface area contributed by atoms with Gasteiger partial charge in [-0.25, -0.2) is 0 Å². The average molecular weight is 478 g/mol. The molecule has 9 heteroatoms. The predicted octanol–water partition coefficient (Wildman–Crippen LogP) is 5.63. The molecule has 1 atom stereocenters. The zero-order chi connectivity index (χ0) is 24.0. The van der Waals surface area contributed by atoms with Crippen LogP contribution in [0.2, 0.25) is 0 Å². The van der Waals surface area contributed by atoms with Crippen molar-refractivity contribution in [2.75, 3.05) is 6.26 Å². The smallest absolute Gasteiger partial charge is 0.416 e. The minimum atomic E-state index is -4.51. The van der Waals surface area contributed by atoms with Gasteiger partial charge in [0.05, 0.1) is 5.56 Å². The molecule has 5 nitrogen and oxygen atoms in total. The molecule has 33 heavy (non-hydrogen) atoms. The Morgan fingerprint density at radius 3 is 2.27 bits per heavy atom. The molecule has 0 saturated carbocycles. The molecule has 4 rings (SSSR count). The monoisotopic (exact) mass is 477 g/mol. The molecule has 1 aliphatic heterocycles. The van der Waals surface area contributed by atoms with E-state index in [2.05, 4.69) is 4.98 Å². The van der Waals surface area contributed by atoms with Crippen molar-refractivity contribution in [3.63, 3.8) is 0 Å². The molecule has 2 aromatic carbocycles. The Morgan fingerprint density at radius 1 is 1.06 bits per heavy atom. The number of carbonyl (C=O) groups is 2. The number of rotatable bonds is 5. The standard InChI is InChI=1S/C24H22F3NO4S/c1-23(2)31-21(29)19(22(30)32-23)18(13-7-9-15(10-8-13)24(25,26)27)17-11-28-20-14(12-33-3)5-4-6-16(17)20/h4-11,18-19,28H,12H2,1-3H3. The highest BCUT2D eigenvalue weighted by molar-refractivity contribution is 7.97. The molecule has 0 radical (unpaired) electrons. The molecule has 1 fully saturated rings. The van der Waals surface area contributed by atoms with Gasteiger partial charge in [-0.3, -0.25) is 9.59 Å². The van der Waals surface area contributed by atoms with Crippen molar-refractivity contribution in [3.05, 3.63) is 70.9 Å². The van der Waals surface area contributed by atoms with Crippen molar-refractivity contribution in [3.8, 4) is 0 Å². The van der Waals surface area contributed by atoms with E-state index >= 15 is 0 Å². The number of ether oxygens (including phenoxy) is 2. The van der Waals surface area contributed by atoms with Gasteiger partial charge in [0.1, 0.15) is 0 Å². The van der Waals surface area contributed by atoms with Gasteiger partial charge in [-0.05, 0) is 35.1 Å². The molecular formula is C24H22F3NO4S. The summed E-state index contributed by atoms with van der Waals surface area (Å²) in [5, 5.41) is 0.775. The maximum atomic E-state index is 13.1. The third-order valence-corrected chi connectivity index (χ3v) is 6.20. The maximum absolute atomic E-state index is 13.1. The summed E-state index contributed by atoms with van der Waals surface area (Å²) in [5.74, 6) is -4.50. The highest BCUT2D eigenvalue weighted by atomic mass is 32.2. The molecule has 0 aliphatic carbocycles. The van der Waals surface area contributed by atoms with Gasteiger partial charge in [-0.1, -0.05) is 30.3 Å². The van der Waals surface area contributed by atoms with Crippen LogP contribution in [0.15, 0.2) is 48.7 Å². The number of H-pyrrole nitrogens is 1. The third-order valence-electron chi connectivity index (χ3n) is 5.60. The minimum absolute atomic E-state index is 0.373. The van der Waals surface area contributed by atoms with Gasteiger partial charge in [-0.15, -0.1) is 0 Å². The number of aromatic amines is 1. The highest BCUT2D eigenvalue weighted by Crippen LogP contribution is 2.42. The Morgan fingerprint density at radius 2 is 1.70 bits per heavy atom. The molecular weight excluding hydrogens is 455 g/mol. The largest absolute Gasteiger partial charge is 0.422 e. The van der Waals surface area contributed by atoms with Crippen LogP contribution in [-0.2, 0) is 31.0 Å². The van der Waals surface area contributed by atoms with E-state index in [-0.39, 0.29) is 0 Å². The molecule has 1 unspecified atom stereocenters. The number of para-hydroxylation sites is 1. The number of esters is 2. The van der Waals surface area contributed by atoms with Crippen LogP contribution in [0.5, 0.6) is 0 Å². The fourth-order valence-corrected chi connectivity index (χ4v) is 4.76. The predicted molar refractivity (Wildman–Crippen MR) is 119 cm³/mol. The Hall–Kier alpha value is -2.94. The second kappa shape index (κ2) is 8.44. The van der Waals surface area contributed by atoms with E-state index in [0.29, 0.717) is 11.1 Å². The number of carbonyl (C=O) groups excluding carboxylic acids is 2. The molecule has 1 N–H and O–H groups in total. The van der Waals surface area contributed by atoms with E-state index in [1.54, 1.807) is 18.0 Å². The molecule has 174 valence electrons. The van der Waals surface area contributed by atoms with Gasteiger partial charge in [-0.2, -0.15) is 24.9 Å². The summed E-state index contributed by atoms with van der Waals surface area (Å²) in [6.45, 7) is 2.90. The van der Waals surface area contributed by atoms with E-state index in [0.717, 1.165) is 34.4 Å². The van der Waals surface area contributed by atoms with Gasteiger partial charge in [0.15, 0.2) is 5.92 Å². The number of nitrogens with one attached hydrogen (secondary N) is 1. The zero-order valence-corrected chi connectivity index (χ0v) is 19.0. The number of halogens is 3. The number of alkyl halides is 3. The summed E-state index contributed by atoms with van der Waals surface area (Å²) in [6, 6.07) is 10.2. The lowest BCUT2D eigenvalue weighted by Gasteiger charge is -2.36. The lowest BCUT2D eigenvalue weighted by molar-refractivity contribution is -0.240. The summed E-state index contributed by atoms with van der Waals surface area (Å²) >= 11 is 1.64. The van der Waals surface area contributed by atoms with Crippen molar-refractivity contribution >= 4 is 34.6 Å². The zero-order valence-electron chi connectivity index (χ0n) is 18.2. The number of benzene rings is 2. The summed E-state index contributed by atoms with van der Waals surface area (Å²) in [5.41, 5.74) is 2.04. The Bertz CT molecular complexity index is 1180. The molecule has 3 aromatic rings. The Kier molecular flexibility index (Phi) is 5.94. The van der Waals surface area contributed by atoms with Crippen LogP contribution < -0.4 is 0 Å². The van der Waals surface area contributed by atoms with Crippen molar-refractivity contribution in [2.24, 2.45) is 5.92 Å². The number of hydrogen-bond donors (Lipinski definition) is 1. The minimum Gasteiger partial charge on any atom is -0.422 e. The molecule has 1 aliphatic rings. The lowest BCUT2D eigenvalue weighted by Crippen LogP contribution is -2.48. The second-order valence-corrected chi connectivity index (χ2v) is 9.20. The van der Waals surface area contributed by atoms with Crippen LogP contribution in [0, 0.1) is 5.92 Å². The van der Waals surface area contributed by atoms with Crippen LogP contribution in [0.25, 0.3) is 10.9 Å². The highest BCUT2D eigenvalue weighted by Gasteiger charge is 2.48. The second-order valence-electron chi connectivity index (χ2n) is 8.33. The van der Waals surface area contributed by atoms with Crippen molar-refractivity contribution in [2.45, 2.75) is 37.5 Å². The Labute approximate surface area is 192 Å². The van der Waals surface area contributed by atoms with E-state index < -0.39 is 41.3 Å². The number of fused-ring (bicyclic) bond motifs is 1. The topological polar surface area (TPSA) is 68.4 Å². The van der Waals surface area contributed by atoms with Gasteiger partial charge in [0.2, 0.25) is 0 Å². The van der Waals surface area contributed by atoms with E-state index in [9.17, 15) is 22.8 Å². The number of hydrogen-bond acceptors (Lipinski definition) is 5. The van der Waals surface area contributed by atoms with E-state index in [1.807, 2.05) is 24.5 Å². The van der Waals surface area contributed by atoms with Crippen LogP contribution in [-0.4, -0.2) is 29.0 Å². The van der Waals surface area contributed by atoms with Gasteiger partial charge in [0, 0.05) is 42.6 Å². The van der Waals surface area contributed by atoms with Gasteiger partial charge < -0.3 is 14.5 Å². The molecule has 0 spiro atoms. The molecule has 0 bridgehead atoms. The molecule has 0 amide bonds. The van der Waals surface area contributed by atoms with Gasteiger partial charge >= 0.3 is 18.1 Å². The van der Waals surface area contributed by atoms with Crippen LogP contribution in [0.1, 0.15) is 42.0 Å². The molecule has 1 saturated heterocycles. The average Bonchev–Trinajstić information content (AvgIpc) is 3.14. The quantitative estimate of drug-likeness (QED) is 0.381. The lowest BCUT2D eigenvalue weighted by atomic mass is 9.79. The van der Waals surface area contributed by atoms with E-state index in [1.165, 1.54) is 26.0 Å². The number of cyclic esters (lactones) is 2. The SMILES string of the molecule is CSCc1cccc2c(C(c3ccc(C(F)(F)F)cc3)C3C(=O)OC(C)(C)OC3=O)c[nH]c12. The van der Waals surface area contributed by atoms with Gasteiger partial charge in [0.25, 0.3) is 5.79 Å². The number of thioether (sulfide) groups is 1. The van der Waals surface area contributed by atoms with E-state index in [4.69, 9.17) is 9.47 Å². The van der Waals surface area contributed by atoms with Crippen molar-refractivity contribution < 1.29 is 32.2 Å². The van der Waals surface area contributed by atoms with Crippen LogP contribution in [0.3, 0.4) is 0 Å². The van der Waals surface area contributed by atoms with Crippen LogP contribution >= 0.6 is 11.8 Å². The fraction of sp³-hybridized carbons (Fsp3) is 0.333. The molecule has 2 heterocycles. The summed E-state index contributed by atoms with van der Waals surface area (Å²) in [6.07, 6.45) is -0.838. The first-order chi connectivity index (χ1) is 15.5. The first-order valence-electron chi connectivity index (χ1n) is 10.2. The summed E-state index contributed by atoms with van der Waals surface area (Å²) < 4.78 is 50.1. The maximum Gasteiger partial charge on any atom is 0.416 e. The first-order valence-corrected chi connectivity index (χ1v) is 11.6. The van der Waals surface area contributed by atoms with Crippen molar-refractivity contribution in [1.29, 1.82) is 0 Å². The van der Waals surface area contributed by atoms with Crippen molar-refractivity contribution in [1.82, 2.24) is 4.98 Å². The normalized spacial score (nSPS) is 17.6. The summed E-state index contributed by atoms with van der Waals surface area (Å²) in [7, 11) is 0. The third kappa shape index (κ3) is 4.46. The number of aromatic nitrogens is 1. The first kappa shape index (κ1) is 23.2. The Balaban J connectivity index is 1.88. The van der Waals surface area contributed by atoms with Crippen LogP contribution in [0.4, 0.5) is 13.2 Å². The molecule has 1 aromatic heterocycles.